The first-order chi connectivity index (χ1) is 13.8. The SMILES string of the molecule is COc1ccc(CC(NC(=O)C(C)NC(=O)CCc2ccnn2C)C(=O)O)cc1. The first kappa shape index (κ1) is 21.9. The molecule has 9 nitrogen and oxygen atoms in total. The van der Waals surface area contributed by atoms with Crippen molar-refractivity contribution >= 4 is 17.8 Å². The average molecular weight is 402 g/mol. The number of hydrogen-bond acceptors (Lipinski definition) is 5. The van der Waals surface area contributed by atoms with Gasteiger partial charge in [-0.1, -0.05) is 12.1 Å². The van der Waals surface area contributed by atoms with E-state index < -0.39 is 24.0 Å². The number of aliphatic carboxylic acids is 1. The molecule has 0 aliphatic heterocycles. The number of nitrogens with one attached hydrogen (secondary N) is 2. The molecule has 9 heteroatoms. The maximum Gasteiger partial charge on any atom is 0.326 e. The molecule has 0 aliphatic carbocycles. The molecule has 29 heavy (non-hydrogen) atoms. The minimum atomic E-state index is -1.15. The monoisotopic (exact) mass is 402 g/mol. The van der Waals surface area contributed by atoms with Gasteiger partial charge in [0.25, 0.3) is 0 Å². The van der Waals surface area contributed by atoms with Crippen LogP contribution in [0.2, 0.25) is 0 Å². The van der Waals surface area contributed by atoms with Gasteiger partial charge >= 0.3 is 5.97 Å². The topological polar surface area (TPSA) is 123 Å². The number of nitrogens with zero attached hydrogens (tertiary/aromatic N) is 2. The number of benzene rings is 1. The fourth-order valence-electron chi connectivity index (χ4n) is 2.76. The van der Waals surface area contributed by atoms with Crippen LogP contribution < -0.4 is 15.4 Å². The zero-order valence-electron chi connectivity index (χ0n) is 16.7. The van der Waals surface area contributed by atoms with Crippen LogP contribution in [0.3, 0.4) is 0 Å². The third-order valence-electron chi connectivity index (χ3n) is 4.51. The number of ether oxygens (including phenoxy) is 1. The molecular formula is C20H26N4O5. The molecule has 0 spiro atoms. The first-order valence-electron chi connectivity index (χ1n) is 9.22. The first-order valence-corrected chi connectivity index (χ1v) is 9.22. The number of carbonyl (C=O) groups excluding carboxylic acids is 2. The van der Waals surface area contributed by atoms with Gasteiger partial charge in [-0.25, -0.2) is 4.79 Å². The lowest BCUT2D eigenvalue weighted by molar-refractivity contribution is -0.142. The van der Waals surface area contributed by atoms with Crippen molar-refractivity contribution in [3.05, 3.63) is 47.8 Å². The summed E-state index contributed by atoms with van der Waals surface area (Å²) in [5.74, 6) is -1.34. The molecule has 2 rings (SSSR count). The number of carboxylic acid groups (broad SMARTS) is 1. The largest absolute Gasteiger partial charge is 0.497 e. The summed E-state index contributed by atoms with van der Waals surface area (Å²) in [7, 11) is 3.33. The zero-order chi connectivity index (χ0) is 21.4. The van der Waals surface area contributed by atoms with Crippen molar-refractivity contribution in [2.45, 2.75) is 38.3 Å². The highest BCUT2D eigenvalue weighted by molar-refractivity contribution is 5.90. The Morgan fingerprint density at radius 2 is 1.86 bits per heavy atom. The standard InChI is InChI=1S/C20H26N4O5/c1-13(22-18(25)9-6-15-10-11-21-24(15)2)19(26)23-17(20(27)28)12-14-4-7-16(29-3)8-5-14/h4-5,7-8,10-11,13,17H,6,9,12H2,1-3H3,(H,22,25)(H,23,26)(H,27,28). The number of aryl methyl sites for hydroxylation is 2. The van der Waals surface area contributed by atoms with Crippen molar-refractivity contribution in [2.75, 3.05) is 7.11 Å². The van der Waals surface area contributed by atoms with E-state index in [1.54, 1.807) is 49.3 Å². The molecule has 0 radical (unpaired) electrons. The summed E-state index contributed by atoms with van der Waals surface area (Å²) in [6.07, 6.45) is 2.46. The Kier molecular flexibility index (Phi) is 7.76. The van der Waals surface area contributed by atoms with Crippen molar-refractivity contribution in [3.8, 4) is 5.75 Å². The summed E-state index contributed by atoms with van der Waals surface area (Å²) in [5.41, 5.74) is 1.65. The lowest BCUT2D eigenvalue weighted by Gasteiger charge is -2.19. The van der Waals surface area contributed by atoms with E-state index in [2.05, 4.69) is 15.7 Å². The van der Waals surface area contributed by atoms with Gasteiger partial charge in [-0.3, -0.25) is 14.3 Å². The van der Waals surface area contributed by atoms with Crippen molar-refractivity contribution in [1.29, 1.82) is 0 Å². The molecule has 0 aliphatic rings. The number of rotatable bonds is 10. The second-order valence-corrected chi connectivity index (χ2v) is 6.69. The molecule has 156 valence electrons. The van der Waals surface area contributed by atoms with Crippen molar-refractivity contribution in [3.63, 3.8) is 0 Å². The molecule has 2 unspecified atom stereocenters. The molecule has 2 amide bonds. The third-order valence-corrected chi connectivity index (χ3v) is 4.51. The number of methoxy groups -OCH3 is 1. The van der Waals surface area contributed by atoms with E-state index in [-0.39, 0.29) is 18.7 Å². The lowest BCUT2D eigenvalue weighted by atomic mass is 10.1. The Labute approximate surface area is 169 Å². The van der Waals surface area contributed by atoms with Crippen LogP contribution in [0.15, 0.2) is 36.5 Å². The highest BCUT2D eigenvalue weighted by atomic mass is 16.5. The van der Waals surface area contributed by atoms with Crippen molar-refractivity contribution < 1.29 is 24.2 Å². The van der Waals surface area contributed by atoms with E-state index in [9.17, 15) is 19.5 Å². The Bertz CT molecular complexity index is 847. The van der Waals surface area contributed by atoms with Gasteiger partial charge in [-0.15, -0.1) is 0 Å². The molecule has 1 heterocycles. The van der Waals surface area contributed by atoms with Crippen LogP contribution in [0.1, 0.15) is 24.6 Å². The molecular weight excluding hydrogens is 376 g/mol. The van der Waals surface area contributed by atoms with Crippen molar-refractivity contribution in [2.24, 2.45) is 7.05 Å². The smallest absolute Gasteiger partial charge is 0.326 e. The maximum absolute atomic E-state index is 12.3. The van der Waals surface area contributed by atoms with Crippen LogP contribution in [0, 0.1) is 0 Å². The van der Waals surface area contributed by atoms with E-state index in [0.717, 1.165) is 11.3 Å². The normalized spacial score (nSPS) is 12.7. The van der Waals surface area contributed by atoms with Crippen LogP contribution in [0.25, 0.3) is 0 Å². The van der Waals surface area contributed by atoms with E-state index >= 15 is 0 Å². The van der Waals surface area contributed by atoms with E-state index in [1.165, 1.54) is 6.92 Å². The number of amides is 2. The predicted molar refractivity (Wildman–Crippen MR) is 105 cm³/mol. The van der Waals surface area contributed by atoms with Crippen LogP contribution in [0.4, 0.5) is 0 Å². The highest BCUT2D eigenvalue weighted by Gasteiger charge is 2.24. The summed E-state index contributed by atoms with van der Waals surface area (Å²) in [5, 5.41) is 18.5. The Morgan fingerprint density at radius 1 is 1.17 bits per heavy atom. The van der Waals surface area contributed by atoms with Gasteiger partial charge in [0.05, 0.1) is 7.11 Å². The molecule has 1 aromatic heterocycles. The fraction of sp³-hybridized carbons (Fsp3) is 0.400. The fourth-order valence-corrected chi connectivity index (χ4v) is 2.76. The minimum Gasteiger partial charge on any atom is -0.497 e. The summed E-state index contributed by atoms with van der Waals surface area (Å²) < 4.78 is 6.75. The van der Waals surface area contributed by atoms with Gasteiger partial charge in [0, 0.05) is 31.8 Å². The van der Waals surface area contributed by atoms with Gasteiger partial charge in [0.15, 0.2) is 0 Å². The zero-order valence-corrected chi connectivity index (χ0v) is 16.7. The molecule has 0 bridgehead atoms. The number of hydrogen-bond donors (Lipinski definition) is 3. The van der Waals surface area contributed by atoms with Gasteiger partial charge in [0.2, 0.25) is 11.8 Å². The predicted octanol–water partition coefficient (Wildman–Crippen LogP) is 0.678. The minimum absolute atomic E-state index is 0.117. The van der Waals surface area contributed by atoms with Crippen LogP contribution in [-0.2, 0) is 34.3 Å². The quantitative estimate of drug-likeness (QED) is 0.537. The van der Waals surface area contributed by atoms with Crippen molar-refractivity contribution in [1.82, 2.24) is 20.4 Å². The number of carbonyl (C=O) groups is 3. The second-order valence-electron chi connectivity index (χ2n) is 6.69. The molecule has 0 saturated heterocycles. The number of aromatic nitrogens is 2. The summed E-state index contributed by atoms with van der Waals surface area (Å²) in [6, 6.07) is 6.79. The molecule has 0 fully saturated rings. The van der Waals surface area contributed by atoms with Gasteiger partial charge in [-0.2, -0.15) is 5.10 Å². The van der Waals surface area contributed by atoms with Gasteiger partial charge < -0.3 is 20.5 Å². The Hall–Kier alpha value is -3.36. The summed E-state index contributed by atoms with van der Waals surface area (Å²) in [6.45, 7) is 1.52. The van der Waals surface area contributed by atoms with E-state index in [4.69, 9.17) is 4.74 Å². The molecule has 2 atom stereocenters. The highest BCUT2D eigenvalue weighted by Crippen LogP contribution is 2.13. The van der Waals surface area contributed by atoms with Gasteiger partial charge in [0.1, 0.15) is 17.8 Å². The molecule has 3 N–H and O–H groups in total. The second kappa shape index (κ2) is 10.3. The average Bonchev–Trinajstić information content (AvgIpc) is 3.11. The molecule has 1 aromatic carbocycles. The summed E-state index contributed by atoms with van der Waals surface area (Å²) >= 11 is 0. The van der Waals surface area contributed by atoms with Gasteiger partial charge in [-0.05, 0) is 37.1 Å². The lowest BCUT2D eigenvalue weighted by Crippen LogP contribution is -2.51. The molecule has 0 saturated carbocycles. The van der Waals surface area contributed by atoms with E-state index in [1.807, 2.05) is 6.07 Å². The maximum atomic E-state index is 12.3. The third kappa shape index (κ3) is 6.63. The Morgan fingerprint density at radius 3 is 2.41 bits per heavy atom. The number of carboxylic acids is 1. The van der Waals surface area contributed by atoms with Crippen LogP contribution >= 0.6 is 0 Å². The van der Waals surface area contributed by atoms with Crippen LogP contribution in [-0.4, -0.2) is 51.9 Å². The molecule has 2 aromatic rings. The summed E-state index contributed by atoms with van der Waals surface area (Å²) in [4.78, 5) is 36.0. The van der Waals surface area contributed by atoms with Crippen LogP contribution in [0.5, 0.6) is 5.75 Å². The van der Waals surface area contributed by atoms with E-state index in [0.29, 0.717) is 12.2 Å². The Balaban J connectivity index is 1.86.